The van der Waals surface area contributed by atoms with E-state index in [1.807, 2.05) is 24.3 Å². The highest BCUT2D eigenvalue weighted by Gasteiger charge is 2.24. The fourth-order valence-electron chi connectivity index (χ4n) is 4.94. The lowest BCUT2D eigenvalue weighted by Gasteiger charge is -2.11. The van der Waals surface area contributed by atoms with Crippen LogP contribution in [-0.2, 0) is 0 Å². The molecule has 0 aliphatic heterocycles. The van der Waals surface area contributed by atoms with Gasteiger partial charge in [0.05, 0.1) is 10.8 Å². The molecule has 4 nitrogen and oxygen atoms in total. The standard InChI is InChI=1S/C24H10N2O2/c1-2-6-12-11(5-1)17-13-7-3-9-15-21(13)25-23(27-15)19(12)20-18(17)14-8-4-10-16-22(14)26-24(20)28-16/h1-10H. The molecule has 5 aromatic heterocycles. The Balaban J connectivity index is 1.99. The molecule has 4 aromatic carbocycles. The molecule has 0 saturated heterocycles. The van der Waals surface area contributed by atoms with Crippen molar-refractivity contribution in [3.05, 3.63) is 60.7 Å². The lowest BCUT2D eigenvalue weighted by molar-refractivity contribution is 0.660. The molecule has 4 heteroatoms. The second-order valence-corrected chi connectivity index (χ2v) is 7.39. The maximum atomic E-state index is 6.23. The summed E-state index contributed by atoms with van der Waals surface area (Å²) < 4.78 is 12.4. The van der Waals surface area contributed by atoms with Crippen molar-refractivity contribution in [1.29, 1.82) is 0 Å². The van der Waals surface area contributed by atoms with Gasteiger partial charge in [0.15, 0.2) is 11.2 Å². The van der Waals surface area contributed by atoms with Crippen molar-refractivity contribution in [3.8, 4) is 0 Å². The van der Waals surface area contributed by atoms with Gasteiger partial charge in [-0.1, -0.05) is 48.5 Å². The molecule has 0 unspecified atom stereocenters. The zero-order valence-electron chi connectivity index (χ0n) is 14.5. The number of hydrogen-bond donors (Lipinski definition) is 0. The van der Waals surface area contributed by atoms with Gasteiger partial charge in [0.2, 0.25) is 11.4 Å². The molecule has 0 aliphatic rings. The number of para-hydroxylation sites is 2. The predicted octanol–water partition coefficient (Wildman–Crippen LogP) is 6.61. The van der Waals surface area contributed by atoms with Gasteiger partial charge < -0.3 is 8.83 Å². The van der Waals surface area contributed by atoms with E-state index in [-0.39, 0.29) is 0 Å². The van der Waals surface area contributed by atoms with Gasteiger partial charge in [0.1, 0.15) is 11.0 Å². The van der Waals surface area contributed by atoms with Crippen molar-refractivity contribution < 1.29 is 8.83 Å². The van der Waals surface area contributed by atoms with Gasteiger partial charge in [-0.25, -0.2) is 9.97 Å². The molecule has 0 aliphatic carbocycles. The highest BCUT2D eigenvalue weighted by molar-refractivity contribution is 6.41. The molecule has 0 amide bonds. The number of oxazole rings is 2. The topological polar surface area (TPSA) is 52.1 Å². The number of fused-ring (bicyclic) bond motifs is 1. The van der Waals surface area contributed by atoms with Crippen LogP contribution in [0.15, 0.2) is 69.5 Å². The van der Waals surface area contributed by atoms with Crippen molar-refractivity contribution in [3.63, 3.8) is 0 Å². The van der Waals surface area contributed by atoms with Crippen LogP contribution in [0.1, 0.15) is 0 Å². The molecule has 9 aromatic rings. The van der Waals surface area contributed by atoms with Gasteiger partial charge in [-0.3, -0.25) is 0 Å². The molecule has 0 atom stereocenters. The van der Waals surface area contributed by atoms with Gasteiger partial charge in [0.25, 0.3) is 0 Å². The van der Waals surface area contributed by atoms with E-state index in [4.69, 9.17) is 18.8 Å². The number of pyridine rings is 1. The predicted molar refractivity (Wildman–Crippen MR) is 111 cm³/mol. The molecule has 0 spiro atoms. The maximum Gasteiger partial charge on any atom is 0.228 e. The molecule has 9 rings (SSSR count). The summed E-state index contributed by atoms with van der Waals surface area (Å²) in [5.41, 5.74) is 4.71. The minimum absolute atomic E-state index is 0.621. The van der Waals surface area contributed by atoms with Gasteiger partial charge in [-0.05, 0) is 22.9 Å². The van der Waals surface area contributed by atoms with E-state index in [2.05, 4.69) is 36.4 Å². The third kappa shape index (κ3) is 1.29. The molecule has 6 bridgehead atoms. The van der Waals surface area contributed by atoms with E-state index in [0.717, 1.165) is 49.1 Å². The first-order chi connectivity index (χ1) is 13.9. The first-order valence-corrected chi connectivity index (χ1v) is 9.28. The number of aromatic nitrogens is 2. The molecule has 0 N–H and O–H groups in total. The first-order valence-electron chi connectivity index (χ1n) is 9.28. The Morgan fingerprint density at radius 2 is 1.00 bits per heavy atom. The lowest BCUT2D eigenvalue weighted by atomic mass is 9.92. The Morgan fingerprint density at radius 3 is 1.68 bits per heavy atom. The van der Waals surface area contributed by atoms with Crippen molar-refractivity contribution in [2.24, 2.45) is 0 Å². The third-order valence-corrected chi connectivity index (χ3v) is 6.02. The summed E-state index contributed by atoms with van der Waals surface area (Å²) in [6.07, 6.45) is 0. The maximum absolute atomic E-state index is 6.23. The quantitative estimate of drug-likeness (QED) is 0.226. The Labute approximate surface area is 156 Å². The van der Waals surface area contributed by atoms with Gasteiger partial charge in [-0.15, -0.1) is 0 Å². The lowest BCUT2D eigenvalue weighted by Crippen LogP contribution is -1.89. The van der Waals surface area contributed by atoms with E-state index >= 15 is 0 Å². The minimum Gasteiger partial charge on any atom is -0.436 e. The van der Waals surface area contributed by atoms with E-state index in [0.29, 0.717) is 11.4 Å². The molecule has 5 heterocycles. The average molecular weight is 358 g/mol. The normalized spacial score (nSPS) is 13.0. The Morgan fingerprint density at radius 1 is 0.464 bits per heavy atom. The third-order valence-electron chi connectivity index (χ3n) is 6.02. The first kappa shape index (κ1) is 13.3. The monoisotopic (exact) mass is 358 g/mol. The Hall–Kier alpha value is -3.92. The second kappa shape index (κ2) is 4.15. The molecule has 28 heavy (non-hydrogen) atoms. The Kier molecular flexibility index (Phi) is 1.97. The molecular weight excluding hydrogens is 348 g/mol. The molecule has 0 radical (unpaired) electrons. The van der Waals surface area contributed by atoms with Crippen molar-refractivity contribution in [1.82, 2.24) is 9.97 Å². The van der Waals surface area contributed by atoms with Crippen molar-refractivity contribution in [2.45, 2.75) is 0 Å². The number of rotatable bonds is 0. The van der Waals surface area contributed by atoms with Crippen LogP contribution < -0.4 is 0 Å². The van der Waals surface area contributed by atoms with Crippen LogP contribution in [0.25, 0.3) is 76.7 Å². The summed E-state index contributed by atoms with van der Waals surface area (Å²) in [6, 6.07) is 20.8. The van der Waals surface area contributed by atoms with Crippen LogP contribution in [0.5, 0.6) is 0 Å². The number of benzene rings is 4. The molecule has 0 saturated carbocycles. The summed E-state index contributed by atoms with van der Waals surface area (Å²) in [4.78, 5) is 9.67. The highest BCUT2D eigenvalue weighted by Crippen LogP contribution is 2.47. The van der Waals surface area contributed by atoms with Crippen LogP contribution in [0.4, 0.5) is 0 Å². The van der Waals surface area contributed by atoms with Crippen LogP contribution in [-0.4, -0.2) is 9.97 Å². The highest BCUT2D eigenvalue weighted by atomic mass is 16.3. The number of nitrogens with zero attached hydrogens (tertiary/aromatic N) is 2. The Bertz CT molecular complexity index is 1870. The largest absolute Gasteiger partial charge is 0.436 e. The van der Waals surface area contributed by atoms with Gasteiger partial charge in [0, 0.05) is 21.5 Å². The summed E-state index contributed by atoms with van der Waals surface area (Å²) in [5, 5.41) is 8.79. The summed E-state index contributed by atoms with van der Waals surface area (Å²) in [7, 11) is 0. The summed E-state index contributed by atoms with van der Waals surface area (Å²) in [6.45, 7) is 0. The number of hydrogen-bond acceptors (Lipinski definition) is 4. The van der Waals surface area contributed by atoms with E-state index < -0.39 is 0 Å². The van der Waals surface area contributed by atoms with Crippen molar-refractivity contribution in [2.75, 3.05) is 0 Å². The zero-order chi connectivity index (χ0) is 18.0. The molecular formula is C24H10N2O2. The van der Waals surface area contributed by atoms with Gasteiger partial charge >= 0.3 is 0 Å². The second-order valence-electron chi connectivity index (χ2n) is 7.39. The van der Waals surface area contributed by atoms with E-state index in [1.54, 1.807) is 0 Å². The van der Waals surface area contributed by atoms with Crippen LogP contribution >= 0.6 is 0 Å². The fourth-order valence-corrected chi connectivity index (χ4v) is 4.94. The zero-order valence-corrected chi connectivity index (χ0v) is 14.5. The SMILES string of the molecule is c1ccc2c(c1)c1c3nc4c(cccc4c2c2c4cccc5oc(nc54)c12)o3. The van der Waals surface area contributed by atoms with Crippen LogP contribution in [0.2, 0.25) is 0 Å². The van der Waals surface area contributed by atoms with Crippen LogP contribution in [0, 0.1) is 0 Å². The van der Waals surface area contributed by atoms with E-state index in [1.165, 1.54) is 16.2 Å². The van der Waals surface area contributed by atoms with Gasteiger partial charge in [-0.2, -0.15) is 0 Å². The minimum atomic E-state index is 0.621. The fraction of sp³-hybridized carbons (Fsp3) is 0. The van der Waals surface area contributed by atoms with E-state index in [9.17, 15) is 0 Å². The average Bonchev–Trinajstić information content (AvgIpc) is 3.33. The van der Waals surface area contributed by atoms with Crippen molar-refractivity contribution >= 4 is 76.7 Å². The molecule has 128 valence electrons. The summed E-state index contributed by atoms with van der Waals surface area (Å²) in [5.74, 6) is 0. The molecule has 0 fully saturated rings. The smallest absolute Gasteiger partial charge is 0.228 e. The summed E-state index contributed by atoms with van der Waals surface area (Å²) >= 11 is 0. The van der Waals surface area contributed by atoms with Crippen LogP contribution in [0.3, 0.4) is 0 Å².